The molecule has 2 fully saturated rings. The summed E-state index contributed by atoms with van der Waals surface area (Å²) in [6.07, 6.45) is 4.54. The lowest BCUT2D eigenvalue weighted by molar-refractivity contribution is -0.164. The number of ketones is 1. The molecular formula is C36H48O6Si2. The highest BCUT2D eigenvalue weighted by atomic mass is 28.4. The molecule has 1 saturated heterocycles. The molecule has 4 aliphatic carbocycles. The summed E-state index contributed by atoms with van der Waals surface area (Å²) in [5.74, 6) is 0.193. The first-order valence-electron chi connectivity index (χ1n) is 16.0. The summed E-state index contributed by atoms with van der Waals surface area (Å²) in [6, 6.07) is 13.9. The van der Waals surface area contributed by atoms with Gasteiger partial charge in [0.1, 0.15) is 23.4 Å². The molecule has 1 saturated carbocycles. The molecule has 1 heterocycles. The number of ether oxygens (including phenoxy) is 2. The lowest BCUT2D eigenvalue weighted by Crippen LogP contribution is -2.63. The normalized spacial score (nSPS) is 30.7. The summed E-state index contributed by atoms with van der Waals surface area (Å²) >= 11 is 0. The molecule has 0 amide bonds. The third kappa shape index (κ3) is 4.31. The SMILES string of the molecule is CC(C)(C)[Si](C)(C)Oc1ccc(O[Si](C)(C)C(C)(C)C)c2c1C(=O)[C@@H]1C23OC[C@@H]2C3C=C[C@@]1(C=O)[C@H]2OCc1ccccc1. The van der Waals surface area contributed by atoms with Crippen molar-refractivity contribution in [2.45, 2.75) is 96.1 Å². The van der Waals surface area contributed by atoms with E-state index in [4.69, 9.17) is 18.3 Å². The number of aldehydes is 1. The summed E-state index contributed by atoms with van der Waals surface area (Å²) in [4.78, 5) is 28.4. The molecule has 2 aromatic rings. The van der Waals surface area contributed by atoms with E-state index in [1.807, 2.05) is 48.5 Å². The highest BCUT2D eigenvalue weighted by molar-refractivity contribution is 6.75. The second-order valence-electron chi connectivity index (χ2n) is 16.3. The molecule has 4 bridgehead atoms. The third-order valence-electron chi connectivity index (χ3n) is 11.7. The minimum atomic E-state index is -2.33. The van der Waals surface area contributed by atoms with E-state index in [9.17, 15) is 4.79 Å². The number of carbonyl (C=O) groups is 2. The summed E-state index contributed by atoms with van der Waals surface area (Å²) < 4.78 is 27.5. The summed E-state index contributed by atoms with van der Waals surface area (Å²) in [7, 11) is -4.65. The monoisotopic (exact) mass is 632 g/mol. The molecule has 6 nitrogen and oxygen atoms in total. The minimum Gasteiger partial charge on any atom is -0.543 e. The Bertz CT molecular complexity index is 1520. The molecule has 1 aliphatic heterocycles. The van der Waals surface area contributed by atoms with Crippen LogP contribution in [0, 0.1) is 23.2 Å². The Balaban J connectivity index is 1.53. The van der Waals surface area contributed by atoms with Crippen molar-refractivity contribution in [1.29, 1.82) is 0 Å². The Labute approximate surface area is 264 Å². The quantitative estimate of drug-likeness (QED) is 0.167. The van der Waals surface area contributed by atoms with Crippen LogP contribution in [0.3, 0.4) is 0 Å². The number of hydrogen-bond acceptors (Lipinski definition) is 6. The van der Waals surface area contributed by atoms with E-state index < -0.39 is 39.7 Å². The van der Waals surface area contributed by atoms with Gasteiger partial charge in [-0.15, -0.1) is 0 Å². The maximum Gasteiger partial charge on any atom is 0.250 e. The van der Waals surface area contributed by atoms with Gasteiger partial charge in [-0.2, -0.15) is 0 Å². The van der Waals surface area contributed by atoms with E-state index in [-0.39, 0.29) is 27.7 Å². The van der Waals surface area contributed by atoms with Gasteiger partial charge in [-0.1, -0.05) is 84.0 Å². The molecule has 2 aromatic carbocycles. The van der Waals surface area contributed by atoms with Crippen LogP contribution in [0.1, 0.15) is 63.0 Å². The van der Waals surface area contributed by atoms with Gasteiger partial charge in [-0.3, -0.25) is 4.79 Å². The minimum absolute atomic E-state index is 0.0548. The van der Waals surface area contributed by atoms with Crippen molar-refractivity contribution in [3.05, 3.63) is 71.3 Å². The van der Waals surface area contributed by atoms with E-state index >= 15 is 4.79 Å². The summed E-state index contributed by atoms with van der Waals surface area (Å²) in [6.45, 7) is 22.8. The van der Waals surface area contributed by atoms with Crippen LogP contribution in [0.4, 0.5) is 0 Å². The number of fused-ring (bicyclic) bond motifs is 1. The van der Waals surface area contributed by atoms with Gasteiger partial charge in [0.2, 0.25) is 8.32 Å². The fourth-order valence-corrected chi connectivity index (χ4v) is 9.38. The van der Waals surface area contributed by atoms with Gasteiger partial charge < -0.3 is 23.1 Å². The van der Waals surface area contributed by atoms with Gasteiger partial charge in [0.05, 0.1) is 36.2 Å². The van der Waals surface area contributed by atoms with Crippen molar-refractivity contribution in [3.63, 3.8) is 0 Å². The van der Waals surface area contributed by atoms with Crippen molar-refractivity contribution in [1.82, 2.24) is 0 Å². The predicted octanol–water partition coefficient (Wildman–Crippen LogP) is 8.08. The molecule has 236 valence electrons. The second kappa shape index (κ2) is 9.98. The van der Waals surface area contributed by atoms with Crippen molar-refractivity contribution >= 4 is 28.7 Å². The van der Waals surface area contributed by atoms with Crippen molar-refractivity contribution in [2.75, 3.05) is 6.61 Å². The fourth-order valence-electron chi connectivity index (χ4n) is 7.33. The zero-order valence-electron chi connectivity index (χ0n) is 27.9. The first-order chi connectivity index (χ1) is 20.4. The van der Waals surface area contributed by atoms with E-state index in [0.29, 0.717) is 30.3 Å². The lowest BCUT2D eigenvalue weighted by atomic mass is 9.49. The number of carbonyl (C=O) groups excluding carboxylic acids is 2. The molecule has 7 rings (SSSR count). The van der Waals surface area contributed by atoms with Crippen molar-refractivity contribution in [3.8, 4) is 11.5 Å². The maximum atomic E-state index is 15.0. The van der Waals surface area contributed by atoms with Crippen LogP contribution in [-0.2, 0) is 26.5 Å². The van der Waals surface area contributed by atoms with Gasteiger partial charge >= 0.3 is 0 Å². The van der Waals surface area contributed by atoms with Crippen LogP contribution >= 0.6 is 0 Å². The maximum absolute atomic E-state index is 15.0. The van der Waals surface area contributed by atoms with Crippen LogP contribution in [-0.4, -0.2) is 41.4 Å². The average Bonchev–Trinajstić information content (AvgIpc) is 3.42. The Hall–Kier alpha value is -2.53. The molecule has 44 heavy (non-hydrogen) atoms. The van der Waals surface area contributed by atoms with E-state index in [0.717, 1.165) is 17.4 Å². The van der Waals surface area contributed by atoms with Gasteiger partial charge in [0.25, 0.3) is 8.32 Å². The van der Waals surface area contributed by atoms with Crippen molar-refractivity contribution in [2.24, 2.45) is 23.2 Å². The van der Waals surface area contributed by atoms with Crippen LogP contribution < -0.4 is 8.85 Å². The second-order valence-corrected chi connectivity index (χ2v) is 25.8. The summed E-state index contributed by atoms with van der Waals surface area (Å²) in [5, 5.41) is -0.125. The molecule has 5 aliphatic rings. The van der Waals surface area contributed by atoms with Gasteiger partial charge in [0, 0.05) is 17.4 Å². The van der Waals surface area contributed by atoms with Crippen molar-refractivity contribution < 1.29 is 27.9 Å². The Morgan fingerprint density at radius 1 is 0.909 bits per heavy atom. The summed E-state index contributed by atoms with van der Waals surface area (Å²) in [5.41, 5.74) is 0.159. The number of hydrogen-bond donors (Lipinski definition) is 0. The first-order valence-corrected chi connectivity index (χ1v) is 21.8. The van der Waals surface area contributed by atoms with Crippen LogP contribution in [0.25, 0.3) is 0 Å². The van der Waals surface area contributed by atoms with E-state index in [2.05, 4.69) is 73.8 Å². The molecule has 0 radical (unpaired) electrons. The third-order valence-corrected chi connectivity index (χ3v) is 20.4. The Morgan fingerprint density at radius 2 is 1.50 bits per heavy atom. The largest absolute Gasteiger partial charge is 0.543 e. The molecule has 1 spiro atoms. The van der Waals surface area contributed by atoms with E-state index in [1.54, 1.807) is 0 Å². The van der Waals surface area contributed by atoms with Crippen LogP contribution in [0.15, 0.2) is 54.6 Å². The molecule has 0 N–H and O–H groups in total. The van der Waals surface area contributed by atoms with Gasteiger partial charge in [-0.25, -0.2) is 0 Å². The zero-order chi connectivity index (χ0) is 32.1. The van der Waals surface area contributed by atoms with Crippen LogP contribution in [0.5, 0.6) is 11.5 Å². The number of benzene rings is 2. The molecule has 6 atom stereocenters. The van der Waals surface area contributed by atoms with E-state index in [1.165, 1.54) is 0 Å². The zero-order valence-corrected chi connectivity index (χ0v) is 29.9. The standard InChI is InChI=1S/C36H48O6Si2/c1-33(2,3)43(7,8)41-26-16-17-27(42-44(9,10)34(4,5)6)29-28(26)30(38)31-35(22-37)19-18-25-24(21-40-36(25,29)31)32(35)39-20-23-14-12-11-13-15-23/h11-19,22,24-25,31-32H,20-21H2,1-10H3/t24-,25?,31+,32+,35+,36?/m1/s1. The highest BCUT2D eigenvalue weighted by Gasteiger charge is 2.78. The van der Waals surface area contributed by atoms with Crippen LogP contribution in [0.2, 0.25) is 36.3 Å². The number of rotatable bonds is 8. The molecule has 2 unspecified atom stereocenters. The topological polar surface area (TPSA) is 71.1 Å². The average molecular weight is 633 g/mol. The van der Waals surface area contributed by atoms with Gasteiger partial charge in [0.15, 0.2) is 5.78 Å². The Kier molecular flexibility index (Phi) is 7.14. The predicted molar refractivity (Wildman–Crippen MR) is 177 cm³/mol. The molecule has 8 heteroatoms. The first kappa shape index (κ1) is 31.5. The molecule has 0 aromatic heterocycles. The highest BCUT2D eigenvalue weighted by Crippen LogP contribution is 2.72. The molecular weight excluding hydrogens is 585 g/mol. The fraction of sp³-hybridized carbons (Fsp3) is 0.556. The smallest absolute Gasteiger partial charge is 0.250 e. The number of Topliss-reactive ketones (excluding diaryl/α,β-unsaturated/α-hetero) is 1. The van der Waals surface area contributed by atoms with Gasteiger partial charge in [-0.05, 0) is 54.0 Å². The lowest BCUT2D eigenvalue weighted by Gasteiger charge is -2.55. The Morgan fingerprint density at radius 3 is 2.09 bits per heavy atom.